The summed E-state index contributed by atoms with van der Waals surface area (Å²) in [4.78, 5) is 17.1. The summed E-state index contributed by atoms with van der Waals surface area (Å²) in [5, 5.41) is 5.68. The highest BCUT2D eigenvalue weighted by molar-refractivity contribution is 6.31. The number of benzene rings is 2. The minimum absolute atomic E-state index is 0.332. The largest absolute Gasteiger partial charge is 0.496 e. The van der Waals surface area contributed by atoms with E-state index in [1.165, 1.54) is 61.5 Å². The van der Waals surface area contributed by atoms with Crippen molar-refractivity contribution in [2.75, 3.05) is 26.1 Å². The van der Waals surface area contributed by atoms with Gasteiger partial charge in [0.15, 0.2) is 0 Å². The van der Waals surface area contributed by atoms with Crippen LogP contribution in [0.2, 0.25) is 5.02 Å². The van der Waals surface area contributed by atoms with Crippen molar-refractivity contribution >= 4 is 34.2 Å². The van der Waals surface area contributed by atoms with Gasteiger partial charge in [0.25, 0.3) is 0 Å². The van der Waals surface area contributed by atoms with E-state index >= 15 is 0 Å². The standard InChI is InChI=1S/C30H37ClN2O3/c1-35-27-16-11-13-21(28(27)30(34)36-2)12-7-5-3-4-6-10-19-32-29-23-14-8-9-15-25(23)33-26-20-22(31)17-18-24(26)29/h11,13,16-18,20H,3-10,12,14-15,19H2,1-2H3,(H,32,33). The van der Waals surface area contributed by atoms with Gasteiger partial charge in [-0.1, -0.05) is 49.4 Å². The number of aryl methyl sites for hydroxylation is 2. The lowest BCUT2D eigenvalue weighted by Crippen LogP contribution is -2.12. The Morgan fingerprint density at radius 2 is 1.78 bits per heavy atom. The molecule has 1 aliphatic carbocycles. The van der Waals surface area contributed by atoms with Gasteiger partial charge in [-0.15, -0.1) is 0 Å². The molecule has 3 aromatic rings. The summed E-state index contributed by atoms with van der Waals surface area (Å²) in [6.45, 7) is 0.973. The summed E-state index contributed by atoms with van der Waals surface area (Å²) in [5.74, 6) is 0.250. The summed E-state index contributed by atoms with van der Waals surface area (Å²) in [7, 11) is 3.00. The van der Waals surface area contributed by atoms with Crippen LogP contribution in [0.15, 0.2) is 36.4 Å². The van der Waals surface area contributed by atoms with E-state index in [0.717, 1.165) is 61.2 Å². The van der Waals surface area contributed by atoms with Crippen molar-refractivity contribution in [3.63, 3.8) is 0 Å². The zero-order chi connectivity index (χ0) is 25.3. The van der Waals surface area contributed by atoms with Gasteiger partial charge >= 0.3 is 5.97 Å². The van der Waals surface area contributed by atoms with E-state index in [0.29, 0.717) is 11.3 Å². The summed E-state index contributed by atoms with van der Waals surface area (Å²) < 4.78 is 10.3. The Bertz CT molecular complexity index is 1190. The number of hydrogen-bond donors (Lipinski definition) is 1. The SMILES string of the molecule is COC(=O)c1c(CCCCCCCCNc2c3c(nc4cc(Cl)ccc24)CCCC3)cccc1OC. The molecule has 0 fully saturated rings. The van der Waals surface area contributed by atoms with Crippen LogP contribution in [0.1, 0.15) is 78.5 Å². The lowest BCUT2D eigenvalue weighted by molar-refractivity contribution is 0.0595. The molecule has 36 heavy (non-hydrogen) atoms. The highest BCUT2D eigenvalue weighted by atomic mass is 35.5. The van der Waals surface area contributed by atoms with Gasteiger partial charge < -0.3 is 14.8 Å². The second-order valence-electron chi connectivity index (χ2n) is 9.56. The van der Waals surface area contributed by atoms with E-state index < -0.39 is 0 Å². The van der Waals surface area contributed by atoms with Crippen LogP contribution in [-0.4, -0.2) is 31.7 Å². The molecule has 0 saturated carbocycles. The minimum atomic E-state index is -0.332. The van der Waals surface area contributed by atoms with E-state index in [9.17, 15) is 4.79 Å². The van der Waals surface area contributed by atoms with Crippen molar-refractivity contribution in [2.45, 2.75) is 70.6 Å². The van der Waals surface area contributed by atoms with E-state index in [1.54, 1.807) is 7.11 Å². The van der Waals surface area contributed by atoms with Gasteiger partial charge in [-0.2, -0.15) is 0 Å². The molecule has 0 amide bonds. The molecule has 4 rings (SSSR count). The van der Waals surface area contributed by atoms with E-state index in [1.807, 2.05) is 30.3 Å². The number of methoxy groups -OCH3 is 2. The molecule has 1 aliphatic rings. The fourth-order valence-electron chi connectivity index (χ4n) is 5.25. The van der Waals surface area contributed by atoms with E-state index in [4.69, 9.17) is 26.1 Å². The Balaban J connectivity index is 1.22. The normalized spacial score (nSPS) is 12.9. The second kappa shape index (κ2) is 13.0. The fraction of sp³-hybridized carbons (Fsp3) is 0.467. The number of esters is 1. The molecule has 0 spiro atoms. The number of fused-ring (bicyclic) bond motifs is 2. The molecule has 2 aromatic carbocycles. The molecule has 1 heterocycles. The van der Waals surface area contributed by atoms with Gasteiger partial charge in [-0.05, 0) is 80.3 Å². The molecule has 0 radical (unpaired) electrons. The van der Waals surface area contributed by atoms with E-state index in [2.05, 4.69) is 11.4 Å². The predicted molar refractivity (Wildman–Crippen MR) is 148 cm³/mol. The quantitative estimate of drug-likeness (QED) is 0.202. The van der Waals surface area contributed by atoms with Crippen molar-refractivity contribution in [2.24, 2.45) is 0 Å². The number of aromatic nitrogens is 1. The molecule has 192 valence electrons. The van der Waals surface area contributed by atoms with Crippen LogP contribution in [-0.2, 0) is 24.0 Å². The molecule has 0 unspecified atom stereocenters. The predicted octanol–water partition coefficient (Wildman–Crippen LogP) is 7.56. The monoisotopic (exact) mass is 508 g/mol. The van der Waals surface area contributed by atoms with Crippen LogP contribution in [0.4, 0.5) is 5.69 Å². The van der Waals surface area contributed by atoms with E-state index in [-0.39, 0.29) is 5.97 Å². The maximum absolute atomic E-state index is 12.2. The number of nitrogens with one attached hydrogen (secondary N) is 1. The topological polar surface area (TPSA) is 60.5 Å². The molecule has 0 bridgehead atoms. The third kappa shape index (κ3) is 6.31. The van der Waals surface area contributed by atoms with Crippen molar-refractivity contribution < 1.29 is 14.3 Å². The molecule has 0 atom stereocenters. The molecule has 0 saturated heterocycles. The number of carbonyl (C=O) groups is 1. The number of ether oxygens (including phenoxy) is 2. The Labute approximate surface area is 219 Å². The first kappa shape index (κ1) is 26.3. The number of unbranched alkanes of at least 4 members (excludes halogenated alkanes) is 5. The van der Waals surface area contributed by atoms with Crippen LogP contribution in [0.3, 0.4) is 0 Å². The number of hydrogen-bond acceptors (Lipinski definition) is 5. The van der Waals surface area contributed by atoms with Crippen LogP contribution in [0.5, 0.6) is 5.75 Å². The maximum atomic E-state index is 12.2. The lowest BCUT2D eigenvalue weighted by atomic mass is 9.92. The van der Waals surface area contributed by atoms with Gasteiger partial charge in [-0.3, -0.25) is 4.98 Å². The van der Waals surface area contributed by atoms with Crippen LogP contribution >= 0.6 is 11.6 Å². The number of carbonyl (C=O) groups excluding carboxylic acids is 1. The number of pyridine rings is 1. The van der Waals surface area contributed by atoms with Gasteiger partial charge in [0.05, 0.1) is 19.7 Å². The van der Waals surface area contributed by atoms with Crippen molar-refractivity contribution in [1.82, 2.24) is 4.98 Å². The van der Waals surface area contributed by atoms with Gasteiger partial charge in [0, 0.05) is 28.3 Å². The van der Waals surface area contributed by atoms with Crippen molar-refractivity contribution in [3.05, 3.63) is 63.8 Å². The Morgan fingerprint density at radius 1 is 1.00 bits per heavy atom. The Kier molecular flexibility index (Phi) is 9.46. The summed E-state index contributed by atoms with van der Waals surface area (Å²) in [6, 6.07) is 11.8. The first-order chi connectivity index (χ1) is 17.6. The Hall–Kier alpha value is -2.79. The van der Waals surface area contributed by atoms with Crippen LogP contribution in [0, 0.1) is 0 Å². The Morgan fingerprint density at radius 3 is 2.58 bits per heavy atom. The molecular formula is C30H37ClN2O3. The van der Waals surface area contributed by atoms with Crippen molar-refractivity contribution in [3.8, 4) is 5.75 Å². The summed E-state index contributed by atoms with van der Waals surface area (Å²) >= 11 is 6.24. The molecule has 0 aliphatic heterocycles. The maximum Gasteiger partial charge on any atom is 0.341 e. The molecule has 1 aromatic heterocycles. The number of anilines is 1. The summed E-state index contributed by atoms with van der Waals surface area (Å²) in [5.41, 5.74) is 6.47. The average molecular weight is 509 g/mol. The smallest absolute Gasteiger partial charge is 0.341 e. The number of rotatable bonds is 12. The third-order valence-electron chi connectivity index (χ3n) is 7.12. The molecular weight excluding hydrogens is 472 g/mol. The molecule has 6 heteroatoms. The van der Waals surface area contributed by atoms with Gasteiger partial charge in [-0.25, -0.2) is 4.79 Å². The zero-order valence-corrected chi connectivity index (χ0v) is 22.3. The fourth-order valence-corrected chi connectivity index (χ4v) is 5.42. The zero-order valence-electron chi connectivity index (χ0n) is 21.5. The molecule has 5 nitrogen and oxygen atoms in total. The highest BCUT2D eigenvalue weighted by Gasteiger charge is 2.19. The first-order valence-electron chi connectivity index (χ1n) is 13.2. The number of nitrogens with zero attached hydrogens (tertiary/aromatic N) is 1. The number of halogens is 1. The lowest BCUT2D eigenvalue weighted by Gasteiger charge is -2.22. The van der Waals surface area contributed by atoms with Gasteiger partial charge in [0.2, 0.25) is 0 Å². The first-order valence-corrected chi connectivity index (χ1v) is 13.6. The van der Waals surface area contributed by atoms with Crippen LogP contribution in [0.25, 0.3) is 10.9 Å². The second-order valence-corrected chi connectivity index (χ2v) is 10.0. The minimum Gasteiger partial charge on any atom is -0.496 e. The van der Waals surface area contributed by atoms with Crippen molar-refractivity contribution in [1.29, 1.82) is 0 Å². The van der Waals surface area contributed by atoms with Gasteiger partial charge in [0.1, 0.15) is 11.3 Å². The average Bonchev–Trinajstić information content (AvgIpc) is 2.90. The summed E-state index contributed by atoms with van der Waals surface area (Å²) in [6.07, 6.45) is 12.4. The van der Waals surface area contributed by atoms with Crippen LogP contribution < -0.4 is 10.1 Å². The third-order valence-corrected chi connectivity index (χ3v) is 7.36. The molecule has 1 N–H and O–H groups in total. The highest BCUT2D eigenvalue weighted by Crippen LogP contribution is 2.34.